The SMILES string of the molecule is CS(=O)(=O)Nc1ccc(S(=O)(=O)NN)cc1. The van der Waals surface area contributed by atoms with Crippen LogP contribution in [-0.2, 0) is 20.0 Å². The van der Waals surface area contributed by atoms with Gasteiger partial charge in [-0.3, -0.25) is 10.6 Å². The van der Waals surface area contributed by atoms with E-state index in [1.807, 2.05) is 0 Å². The van der Waals surface area contributed by atoms with Crippen molar-refractivity contribution in [3.63, 3.8) is 0 Å². The van der Waals surface area contributed by atoms with Gasteiger partial charge in [-0.1, -0.05) is 0 Å². The van der Waals surface area contributed by atoms with Gasteiger partial charge in [-0.15, -0.1) is 0 Å². The summed E-state index contributed by atoms with van der Waals surface area (Å²) in [6, 6.07) is 5.13. The van der Waals surface area contributed by atoms with Gasteiger partial charge in [-0.05, 0) is 24.3 Å². The molecular formula is C7H11N3O4S2. The molecular weight excluding hydrogens is 254 g/mol. The zero-order chi connectivity index (χ0) is 12.4. The summed E-state index contributed by atoms with van der Waals surface area (Å²) in [5.74, 6) is 4.83. The van der Waals surface area contributed by atoms with Crippen LogP contribution in [0.5, 0.6) is 0 Å². The number of hydrogen-bond acceptors (Lipinski definition) is 5. The van der Waals surface area contributed by atoms with Crippen molar-refractivity contribution >= 4 is 25.7 Å². The highest BCUT2D eigenvalue weighted by atomic mass is 32.2. The van der Waals surface area contributed by atoms with Crippen LogP contribution in [0.15, 0.2) is 29.2 Å². The predicted octanol–water partition coefficient (Wildman–Crippen LogP) is -0.790. The van der Waals surface area contributed by atoms with Crippen LogP contribution in [0.3, 0.4) is 0 Å². The number of nitrogens with one attached hydrogen (secondary N) is 2. The van der Waals surface area contributed by atoms with Crippen molar-refractivity contribution in [3.8, 4) is 0 Å². The molecule has 16 heavy (non-hydrogen) atoms. The lowest BCUT2D eigenvalue weighted by Crippen LogP contribution is -2.30. The molecule has 0 saturated heterocycles. The Bertz CT molecular complexity index is 562. The third-order valence-electron chi connectivity index (χ3n) is 1.62. The first-order valence-corrected chi connectivity index (χ1v) is 7.42. The van der Waals surface area contributed by atoms with E-state index in [2.05, 4.69) is 4.72 Å². The average molecular weight is 265 g/mol. The molecule has 0 aliphatic heterocycles. The normalized spacial score (nSPS) is 12.4. The van der Waals surface area contributed by atoms with E-state index < -0.39 is 20.0 Å². The lowest BCUT2D eigenvalue weighted by molar-refractivity contribution is 0.584. The van der Waals surface area contributed by atoms with Crippen LogP contribution in [0.2, 0.25) is 0 Å². The van der Waals surface area contributed by atoms with Crippen molar-refractivity contribution in [2.24, 2.45) is 5.84 Å². The molecule has 0 aliphatic rings. The Morgan fingerprint density at radius 2 is 1.56 bits per heavy atom. The van der Waals surface area contributed by atoms with Gasteiger partial charge in [0, 0.05) is 5.69 Å². The highest BCUT2D eigenvalue weighted by Gasteiger charge is 2.11. The molecule has 0 fully saturated rings. The zero-order valence-corrected chi connectivity index (χ0v) is 9.97. The van der Waals surface area contributed by atoms with Gasteiger partial charge in [-0.25, -0.2) is 16.8 Å². The van der Waals surface area contributed by atoms with Gasteiger partial charge in [-0.2, -0.15) is 4.83 Å². The Morgan fingerprint density at radius 3 is 1.94 bits per heavy atom. The van der Waals surface area contributed by atoms with Gasteiger partial charge < -0.3 is 0 Å². The molecule has 1 rings (SSSR count). The van der Waals surface area contributed by atoms with E-state index in [9.17, 15) is 16.8 Å². The second-order valence-corrected chi connectivity index (χ2v) is 6.48. The minimum absolute atomic E-state index is 0.0472. The second-order valence-electron chi connectivity index (χ2n) is 3.02. The standard InChI is InChI=1S/C7H11N3O4S2/c1-15(11,12)9-6-2-4-7(5-3-6)16(13,14)10-8/h2-5,9-10H,8H2,1H3. The van der Waals surface area contributed by atoms with Crippen molar-refractivity contribution in [3.05, 3.63) is 24.3 Å². The number of hydrogen-bond donors (Lipinski definition) is 3. The quantitative estimate of drug-likeness (QED) is 0.487. The fourth-order valence-corrected chi connectivity index (χ4v) is 2.18. The maximum absolute atomic E-state index is 11.2. The lowest BCUT2D eigenvalue weighted by atomic mass is 10.3. The van der Waals surface area contributed by atoms with Crippen molar-refractivity contribution in [1.29, 1.82) is 0 Å². The van der Waals surface area contributed by atoms with Gasteiger partial charge in [0.05, 0.1) is 11.2 Å². The molecule has 0 amide bonds. The van der Waals surface area contributed by atoms with Crippen LogP contribution in [0.25, 0.3) is 0 Å². The molecule has 1 aromatic rings. The number of sulfonamides is 2. The summed E-state index contributed by atoms with van der Waals surface area (Å²) in [5.41, 5.74) is 0.276. The van der Waals surface area contributed by atoms with Crippen molar-refractivity contribution < 1.29 is 16.8 Å². The van der Waals surface area contributed by atoms with Gasteiger partial charge in [0.15, 0.2) is 0 Å². The second kappa shape index (κ2) is 4.37. The molecule has 9 heteroatoms. The fraction of sp³-hybridized carbons (Fsp3) is 0.143. The summed E-state index contributed by atoms with van der Waals surface area (Å²) < 4.78 is 46.4. The third kappa shape index (κ3) is 3.45. The van der Waals surface area contributed by atoms with E-state index in [1.54, 1.807) is 4.83 Å². The molecule has 0 saturated carbocycles. The van der Waals surface area contributed by atoms with Crippen LogP contribution in [-0.4, -0.2) is 23.1 Å². The summed E-state index contributed by atoms with van der Waals surface area (Å²) in [7, 11) is -7.08. The Hall–Kier alpha value is -1.16. The highest BCUT2D eigenvalue weighted by Crippen LogP contribution is 2.14. The van der Waals surface area contributed by atoms with Crippen LogP contribution >= 0.6 is 0 Å². The molecule has 90 valence electrons. The van der Waals surface area contributed by atoms with E-state index in [-0.39, 0.29) is 10.6 Å². The molecule has 0 spiro atoms. The molecule has 0 aliphatic carbocycles. The van der Waals surface area contributed by atoms with Crippen molar-refractivity contribution in [2.75, 3.05) is 11.0 Å². The van der Waals surface area contributed by atoms with E-state index in [0.29, 0.717) is 0 Å². The predicted molar refractivity (Wildman–Crippen MR) is 59.4 cm³/mol. The molecule has 0 aromatic heterocycles. The first kappa shape index (κ1) is 12.9. The number of nitrogens with two attached hydrogens (primary N) is 1. The molecule has 1 aromatic carbocycles. The summed E-state index contributed by atoms with van der Waals surface area (Å²) in [5, 5.41) is 0. The molecule has 4 N–H and O–H groups in total. The number of benzene rings is 1. The van der Waals surface area contributed by atoms with Gasteiger partial charge in [0.2, 0.25) is 10.0 Å². The molecule has 0 atom stereocenters. The lowest BCUT2D eigenvalue weighted by Gasteiger charge is -2.05. The molecule has 7 nitrogen and oxygen atoms in total. The number of hydrazine groups is 1. The van der Waals surface area contributed by atoms with E-state index in [1.165, 1.54) is 24.3 Å². The maximum Gasteiger partial charge on any atom is 0.253 e. The number of rotatable bonds is 4. The average Bonchev–Trinajstić information content (AvgIpc) is 2.16. The van der Waals surface area contributed by atoms with Gasteiger partial charge in [0.25, 0.3) is 10.0 Å². The zero-order valence-electron chi connectivity index (χ0n) is 8.34. The minimum atomic E-state index is -3.71. The van der Waals surface area contributed by atoms with Crippen LogP contribution in [0.1, 0.15) is 0 Å². The van der Waals surface area contributed by atoms with Crippen LogP contribution in [0, 0.1) is 0 Å². The summed E-state index contributed by atoms with van der Waals surface area (Å²) >= 11 is 0. The third-order valence-corrected chi connectivity index (χ3v) is 3.43. The van der Waals surface area contributed by atoms with E-state index >= 15 is 0 Å². The topological polar surface area (TPSA) is 118 Å². The Morgan fingerprint density at radius 1 is 1.06 bits per heavy atom. The maximum atomic E-state index is 11.2. The fourth-order valence-electron chi connectivity index (χ4n) is 0.984. The molecule has 0 unspecified atom stereocenters. The summed E-state index contributed by atoms with van der Waals surface area (Å²) in [6.07, 6.45) is 0.999. The molecule has 0 bridgehead atoms. The number of anilines is 1. The van der Waals surface area contributed by atoms with Gasteiger partial charge >= 0.3 is 0 Å². The van der Waals surface area contributed by atoms with Crippen LogP contribution < -0.4 is 15.4 Å². The van der Waals surface area contributed by atoms with Crippen molar-refractivity contribution in [2.45, 2.75) is 4.90 Å². The largest absolute Gasteiger partial charge is 0.284 e. The van der Waals surface area contributed by atoms with E-state index in [4.69, 9.17) is 5.84 Å². The summed E-state index contributed by atoms with van der Waals surface area (Å²) in [6.45, 7) is 0. The smallest absolute Gasteiger partial charge is 0.253 e. The Kier molecular flexibility index (Phi) is 3.53. The van der Waals surface area contributed by atoms with E-state index in [0.717, 1.165) is 6.26 Å². The first-order chi connectivity index (χ1) is 7.24. The molecule has 0 heterocycles. The highest BCUT2D eigenvalue weighted by molar-refractivity contribution is 7.92. The Balaban J connectivity index is 3.01. The molecule has 0 radical (unpaired) electrons. The van der Waals surface area contributed by atoms with Crippen LogP contribution in [0.4, 0.5) is 5.69 Å². The Labute approximate surface area is 93.7 Å². The first-order valence-electron chi connectivity index (χ1n) is 4.05. The minimum Gasteiger partial charge on any atom is -0.284 e. The van der Waals surface area contributed by atoms with Crippen molar-refractivity contribution in [1.82, 2.24) is 4.83 Å². The van der Waals surface area contributed by atoms with Gasteiger partial charge in [0.1, 0.15) is 0 Å². The summed E-state index contributed by atoms with van der Waals surface area (Å²) in [4.78, 5) is 1.61. The monoisotopic (exact) mass is 265 g/mol.